The van der Waals surface area contributed by atoms with Crippen LogP contribution in [0.3, 0.4) is 0 Å². The fourth-order valence-corrected chi connectivity index (χ4v) is 4.38. The second-order valence-corrected chi connectivity index (χ2v) is 8.52. The summed E-state index contributed by atoms with van der Waals surface area (Å²) in [5.74, 6) is -3.70. The van der Waals surface area contributed by atoms with Crippen molar-refractivity contribution in [3.05, 3.63) is 0 Å². The molecule has 3 unspecified atom stereocenters. The van der Waals surface area contributed by atoms with E-state index in [2.05, 4.69) is 5.32 Å². The van der Waals surface area contributed by atoms with Crippen molar-refractivity contribution in [3.8, 4) is 0 Å². The number of carbonyl (C=O) groups excluding carboxylic acids is 3. The summed E-state index contributed by atoms with van der Waals surface area (Å²) >= 11 is 0. The summed E-state index contributed by atoms with van der Waals surface area (Å²) in [6.45, 7) is 8.64. The second kappa shape index (κ2) is 5.43. The number of hydrogen-bond donors (Lipinski definition) is 3. The number of nitrogens with one attached hydrogen (secondary N) is 2. The number of rotatable bonds is 4. The molecule has 1 saturated heterocycles. The third-order valence-electron chi connectivity index (χ3n) is 5.74. The van der Waals surface area contributed by atoms with Crippen molar-refractivity contribution in [2.75, 3.05) is 6.54 Å². The summed E-state index contributed by atoms with van der Waals surface area (Å²) in [5.41, 5.74) is 2.64. The zero-order valence-corrected chi connectivity index (χ0v) is 14.9. The molecule has 9 heteroatoms. The molecule has 1 aliphatic carbocycles. The minimum Gasteiger partial charge on any atom is -0.368 e. The van der Waals surface area contributed by atoms with E-state index >= 15 is 0 Å². The Kier molecular flexibility index (Phi) is 4.27. The maximum Gasteiger partial charge on any atom is 0.471 e. The molecule has 2 rings (SSSR count). The number of amides is 2. The summed E-state index contributed by atoms with van der Waals surface area (Å²) in [6, 6.07) is -2.36. The number of ketones is 1. The van der Waals surface area contributed by atoms with Crippen molar-refractivity contribution in [1.29, 1.82) is 0 Å². The summed E-state index contributed by atoms with van der Waals surface area (Å²) in [6.07, 6.45) is -5.10. The Labute approximate surface area is 144 Å². The number of carbonyl (C=O) groups is 3. The maximum atomic E-state index is 13.3. The number of hydrogen-bond acceptors (Lipinski definition) is 4. The fourth-order valence-electron chi connectivity index (χ4n) is 4.38. The highest BCUT2D eigenvalue weighted by atomic mass is 19.4. The molecule has 2 fully saturated rings. The number of nitrogens with two attached hydrogens (primary N) is 1. The maximum absolute atomic E-state index is 13.3. The highest BCUT2D eigenvalue weighted by molar-refractivity contribution is 6.03. The molecule has 1 saturated carbocycles. The van der Waals surface area contributed by atoms with Gasteiger partial charge in [-0.05, 0) is 16.7 Å². The highest BCUT2D eigenvalue weighted by Crippen LogP contribution is 2.73. The number of halogens is 3. The first-order valence-electron chi connectivity index (χ1n) is 8.04. The van der Waals surface area contributed by atoms with Crippen LogP contribution in [0.1, 0.15) is 34.6 Å². The van der Waals surface area contributed by atoms with Gasteiger partial charge in [-0.2, -0.15) is 13.2 Å². The number of Topliss-reactive ketones (excluding diaryl/α,β-unsaturated/α-hetero) is 1. The normalized spacial score (nSPS) is 31.8. The quantitative estimate of drug-likeness (QED) is 0.686. The number of primary amides is 1. The molecule has 0 radical (unpaired) electrons. The van der Waals surface area contributed by atoms with Gasteiger partial charge in [-0.25, -0.2) is 0 Å². The summed E-state index contributed by atoms with van der Waals surface area (Å²) < 4.78 is 38.1. The molecule has 0 spiro atoms. The van der Waals surface area contributed by atoms with Crippen LogP contribution in [0.2, 0.25) is 0 Å². The largest absolute Gasteiger partial charge is 0.471 e. The third kappa shape index (κ3) is 2.72. The lowest BCUT2D eigenvalue weighted by Gasteiger charge is -2.36. The summed E-state index contributed by atoms with van der Waals surface area (Å²) in [7, 11) is 0. The number of fused-ring (bicyclic) bond motifs is 1. The van der Waals surface area contributed by atoms with Crippen molar-refractivity contribution in [1.82, 2.24) is 10.6 Å². The van der Waals surface area contributed by atoms with Crippen molar-refractivity contribution >= 4 is 17.6 Å². The van der Waals surface area contributed by atoms with Crippen LogP contribution in [-0.4, -0.2) is 42.4 Å². The molecule has 4 atom stereocenters. The lowest BCUT2D eigenvalue weighted by molar-refractivity contribution is -0.175. The van der Waals surface area contributed by atoms with Crippen LogP contribution in [-0.2, 0) is 14.4 Å². The van der Waals surface area contributed by atoms with Gasteiger partial charge in [0.1, 0.15) is 6.04 Å². The molecule has 0 bridgehead atoms. The molecular weight excluding hydrogens is 339 g/mol. The van der Waals surface area contributed by atoms with Gasteiger partial charge in [0, 0.05) is 6.54 Å². The van der Waals surface area contributed by atoms with Crippen LogP contribution < -0.4 is 16.4 Å². The lowest BCUT2D eigenvalue weighted by atomic mass is 9.73. The Morgan fingerprint density at radius 3 is 2.08 bits per heavy atom. The number of alkyl halides is 3. The SMILES string of the molecule is CC(C)(C)[C@H](NC(=O)C(F)(F)F)C(=O)C12C(C(N)=O)NCC1C2(C)C. The van der Waals surface area contributed by atoms with E-state index in [1.165, 1.54) is 0 Å². The van der Waals surface area contributed by atoms with Gasteiger partial charge in [-0.3, -0.25) is 14.4 Å². The van der Waals surface area contributed by atoms with E-state index in [1.54, 1.807) is 34.6 Å². The first-order chi connectivity index (χ1) is 11.1. The van der Waals surface area contributed by atoms with E-state index in [1.807, 2.05) is 5.32 Å². The molecular formula is C16H24F3N3O3. The fraction of sp³-hybridized carbons (Fsp3) is 0.812. The van der Waals surface area contributed by atoms with Crippen LogP contribution in [0, 0.1) is 22.2 Å². The first-order valence-corrected chi connectivity index (χ1v) is 8.04. The monoisotopic (exact) mass is 363 g/mol. The van der Waals surface area contributed by atoms with Crippen molar-refractivity contribution in [2.24, 2.45) is 27.9 Å². The predicted molar refractivity (Wildman–Crippen MR) is 83.1 cm³/mol. The zero-order chi connectivity index (χ0) is 19.6. The van der Waals surface area contributed by atoms with Crippen molar-refractivity contribution in [3.63, 3.8) is 0 Å². The van der Waals surface area contributed by atoms with Gasteiger partial charge in [0.05, 0.1) is 11.5 Å². The molecule has 6 nitrogen and oxygen atoms in total. The Bertz CT molecular complexity index is 624. The molecule has 1 aliphatic heterocycles. The van der Waals surface area contributed by atoms with E-state index in [9.17, 15) is 27.6 Å². The topological polar surface area (TPSA) is 101 Å². The van der Waals surface area contributed by atoms with E-state index < -0.39 is 52.1 Å². The van der Waals surface area contributed by atoms with Gasteiger partial charge in [0.2, 0.25) is 5.91 Å². The van der Waals surface area contributed by atoms with E-state index in [0.29, 0.717) is 6.54 Å². The standard InChI is InChI=1S/C16H24F3N3O3/c1-13(2,3)8(22-12(25)16(17,18)19)10(23)15-7(14(15,4)5)6-21-9(15)11(20)24/h7-9,21H,6H2,1-5H3,(H2,20,24)(H,22,25)/t7?,8-,9?,15?/m1/s1. The third-order valence-corrected chi connectivity index (χ3v) is 5.74. The van der Waals surface area contributed by atoms with Gasteiger partial charge in [0.25, 0.3) is 0 Å². The Morgan fingerprint density at radius 2 is 1.72 bits per heavy atom. The van der Waals surface area contributed by atoms with Crippen molar-refractivity contribution < 1.29 is 27.6 Å². The smallest absolute Gasteiger partial charge is 0.368 e. The Morgan fingerprint density at radius 1 is 1.20 bits per heavy atom. The Balaban J connectivity index is 2.43. The minimum atomic E-state index is -5.10. The first kappa shape index (κ1) is 19.7. The van der Waals surface area contributed by atoms with Gasteiger partial charge in [0.15, 0.2) is 5.78 Å². The van der Waals surface area contributed by atoms with Gasteiger partial charge in [-0.1, -0.05) is 34.6 Å². The van der Waals surface area contributed by atoms with E-state index in [-0.39, 0.29) is 5.92 Å². The second-order valence-electron chi connectivity index (χ2n) is 8.52. The highest BCUT2D eigenvalue weighted by Gasteiger charge is 2.82. The zero-order valence-electron chi connectivity index (χ0n) is 14.9. The van der Waals surface area contributed by atoms with Gasteiger partial charge >= 0.3 is 12.1 Å². The Hall–Kier alpha value is -1.64. The molecule has 2 amide bonds. The molecule has 142 valence electrons. The van der Waals surface area contributed by atoms with E-state index in [4.69, 9.17) is 5.73 Å². The minimum absolute atomic E-state index is 0.224. The average molecular weight is 363 g/mol. The molecule has 2 aliphatic rings. The molecule has 0 aromatic heterocycles. The van der Waals surface area contributed by atoms with Crippen molar-refractivity contribution in [2.45, 2.75) is 52.9 Å². The summed E-state index contributed by atoms with van der Waals surface area (Å²) in [4.78, 5) is 36.6. The molecule has 0 aromatic rings. The number of piperidine rings is 1. The predicted octanol–water partition coefficient (Wildman–Crippen LogP) is 0.748. The van der Waals surface area contributed by atoms with Crippen LogP contribution in [0.25, 0.3) is 0 Å². The van der Waals surface area contributed by atoms with Gasteiger partial charge in [-0.15, -0.1) is 0 Å². The lowest BCUT2D eigenvalue weighted by Crippen LogP contribution is -2.59. The van der Waals surface area contributed by atoms with Crippen LogP contribution in [0.5, 0.6) is 0 Å². The van der Waals surface area contributed by atoms with Crippen LogP contribution in [0.15, 0.2) is 0 Å². The van der Waals surface area contributed by atoms with E-state index in [0.717, 1.165) is 0 Å². The average Bonchev–Trinajstić information content (AvgIpc) is 2.77. The van der Waals surface area contributed by atoms with Crippen LogP contribution >= 0.6 is 0 Å². The molecule has 25 heavy (non-hydrogen) atoms. The molecule has 4 N–H and O–H groups in total. The summed E-state index contributed by atoms with van der Waals surface area (Å²) in [5, 5.41) is 4.72. The molecule has 1 heterocycles. The van der Waals surface area contributed by atoms with Gasteiger partial charge < -0.3 is 16.4 Å². The molecule has 0 aromatic carbocycles. The van der Waals surface area contributed by atoms with Crippen LogP contribution in [0.4, 0.5) is 13.2 Å².